The summed E-state index contributed by atoms with van der Waals surface area (Å²) in [5.41, 5.74) is 3.10. The van der Waals surface area contributed by atoms with Crippen LogP contribution in [0.5, 0.6) is 0 Å². The van der Waals surface area contributed by atoms with Crippen LogP contribution in [0.25, 0.3) is 0 Å². The molecule has 1 aromatic heterocycles. The van der Waals surface area contributed by atoms with Gasteiger partial charge in [0, 0.05) is 24.5 Å². The summed E-state index contributed by atoms with van der Waals surface area (Å²) in [6.07, 6.45) is 6.56. The third-order valence-electron chi connectivity index (χ3n) is 4.35. The Morgan fingerprint density at radius 3 is 2.96 bits per heavy atom. The van der Waals surface area contributed by atoms with Gasteiger partial charge in [0.05, 0.1) is 0 Å². The van der Waals surface area contributed by atoms with Crippen LogP contribution >= 0.6 is 0 Å². The Bertz CT molecular complexity index is 636. The van der Waals surface area contributed by atoms with Gasteiger partial charge in [0.25, 0.3) is 5.91 Å². The minimum absolute atomic E-state index is 0.0236. The zero-order valence-electron chi connectivity index (χ0n) is 13.3. The molecule has 3 rings (SSSR count). The van der Waals surface area contributed by atoms with E-state index in [0.717, 1.165) is 42.6 Å². The Morgan fingerprint density at radius 2 is 2.17 bits per heavy atom. The van der Waals surface area contributed by atoms with Crippen LogP contribution in [0.15, 0.2) is 48.8 Å². The molecule has 1 aromatic carbocycles. The molecule has 1 amide bonds. The van der Waals surface area contributed by atoms with Crippen molar-refractivity contribution < 1.29 is 4.79 Å². The van der Waals surface area contributed by atoms with Gasteiger partial charge in [-0.1, -0.05) is 24.3 Å². The lowest BCUT2D eigenvalue weighted by Crippen LogP contribution is -2.27. The Morgan fingerprint density at radius 1 is 1.26 bits per heavy atom. The number of pyridine rings is 1. The van der Waals surface area contributed by atoms with E-state index in [1.807, 2.05) is 36.5 Å². The number of hydrogen-bond acceptors (Lipinski definition) is 3. The van der Waals surface area contributed by atoms with Gasteiger partial charge in [0.15, 0.2) is 0 Å². The molecule has 0 spiro atoms. The Hall–Kier alpha value is -2.20. The van der Waals surface area contributed by atoms with E-state index in [0.29, 0.717) is 12.5 Å². The lowest BCUT2D eigenvalue weighted by Gasteiger charge is -2.13. The van der Waals surface area contributed by atoms with Crippen molar-refractivity contribution in [3.63, 3.8) is 0 Å². The Kier molecular flexibility index (Phi) is 5.37. The molecule has 1 fully saturated rings. The topological polar surface area (TPSA) is 54.0 Å². The number of benzene rings is 1. The van der Waals surface area contributed by atoms with Gasteiger partial charge in [0.2, 0.25) is 0 Å². The van der Waals surface area contributed by atoms with Gasteiger partial charge in [-0.25, -0.2) is 0 Å². The van der Waals surface area contributed by atoms with Crippen molar-refractivity contribution in [2.24, 2.45) is 5.92 Å². The van der Waals surface area contributed by atoms with E-state index < -0.39 is 0 Å². The molecule has 0 bridgehead atoms. The summed E-state index contributed by atoms with van der Waals surface area (Å²) in [7, 11) is 0. The number of nitrogens with one attached hydrogen (secondary N) is 2. The molecule has 2 N–H and O–H groups in total. The first-order valence-corrected chi connectivity index (χ1v) is 8.28. The van der Waals surface area contributed by atoms with Crippen molar-refractivity contribution in [1.82, 2.24) is 15.6 Å². The van der Waals surface area contributed by atoms with Crippen molar-refractivity contribution in [2.45, 2.75) is 19.3 Å². The maximum atomic E-state index is 12.5. The second kappa shape index (κ2) is 7.88. The molecule has 4 nitrogen and oxygen atoms in total. The molecule has 1 aliphatic rings. The monoisotopic (exact) mass is 309 g/mol. The summed E-state index contributed by atoms with van der Waals surface area (Å²) >= 11 is 0. The van der Waals surface area contributed by atoms with Crippen molar-refractivity contribution in [2.75, 3.05) is 19.6 Å². The minimum Gasteiger partial charge on any atom is -0.352 e. The van der Waals surface area contributed by atoms with Crippen LogP contribution in [0, 0.1) is 5.92 Å². The maximum absolute atomic E-state index is 12.5. The Balaban J connectivity index is 1.58. The third-order valence-corrected chi connectivity index (χ3v) is 4.35. The van der Waals surface area contributed by atoms with Crippen molar-refractivity contribution >= 4 is 5.91 Å². The molecule has 23 heavy (non-hydrogen) atoms. The Labute approximate surface area is 137 Å². The van der Waals surface area contributed by atoms with E-state index in [4.69, 9.17) is 0 Å². The fourth-order valence-electron chi connectivity index (χ4n) is 3.08. The van der Waals surface area contributed by atoms with Gasteiger partial charge in [-0.3, -0.25) is 9.78 Å². The first-order chi connectivity index (χ1) is 11.3. The van der Waals surface area contributed by atoms with Crippen LogP contribution in [0.4, 0.5) is 0 Å². The molecule has 0 saturated carbocycles. The maximum Gasteiger partial charge on any atom is 0.251 e. The smallest absolute Gasteiger partial charge is 0.251 e. The van der Waals surface area contributed by atoms with E-state index in [-0.39, 0.29) is 5.91 Å². The van der Waals surface area contributed by atoms with Crippen LogP contribution < -0.4 is 10.6 Å². The van der Waals surface area contributed by atoms with Crippen LogP contribution in [-0.4, -0.2) is 30.5 Å². The molecule has 1 unspecified atom stereocenters. The number of amides is 1. The molecule has 2 aromatic rings. The highest BCUT2D eigenvalue weighted by Crippen LogP contribution is 2.18. The molecule has 4 heteroatoms. The number of carbonyl (C=O) groups is 1. The quantitative estimate of drug-likeness (QED) is 0.860. The predicted octanol–water partition coefficient (Wildman–Crippen LogP) is 2.21. The highest BCUT2D eigenvalue weighted by molar-refractivity contribution is 5.95. The van der Waals surface area contributed by atoms with Crippen molar-refractivity contribution in [1.29, 1.82) is 0 Å². The molecule has 2 heterocycles. The van der Waals surface area contributed by atoms with E-state index in [1.54, 1.807) is 6.20 Å². The third kappa shape index (κ3) is 4.39. The van der Waals surface area contributed by atoms with Gasteiger partial charge in [-0.05, 0) is 61.5 Å². The predicted molar refractivity (Wildman–Crippen MR) is 91.4 cm³/mol. The van der Waals surface area contributed by atoms with E-state index in [2.05, 4.69) is 21.7 Å². The zero-order valence-corrected chi connectivity index (χ0v) is 13.3. The largest absolute Gasteiger partial charge is 0.352 e. The van der Waals surface area contributed by atoms with E-state index >= 15 is 0 Å². The van der Waals surface area contributed by atoms with Crippen LogP contribution in [-0.2, 0) is 12.8 Å². The standard InChI is InChI=1S/C19H23N3O/c23-19(22-11-8-15-4-3-9-20-13-15)18-6-2-1-5-17(18)12-16-7-10-21-14-16/h1-6,9,13,16,21H,7-8,10-12,14H2,(H,22,23). The SMILES string of the molecule is O=C(NCCc1cccnc1)c1ccccc1CC1CCNC1. The zero-order chi connectivity index (χ0) is 15.9. The van der Waals surface area contributed by atoms with Crippen LogP contribution in [0.1, 0.15) is 27.9 Å². The molecular formula is C19H23N3O. The second-order valence-electron chi connectivity index (χ2n) is 6.09. The van der Waals surface area contributed by atoms with Crippen LogP contribution in [0.2, 0.25) is 0 Å². The molecule has 1 aliphatic heterocycles. The minimum atomic E-state index is 0.0236. The number of aromatic nitrogens is 1. The summed E-state index contributed by atoms with van der Waals surface area (Å²) in [5.74, 6) is 0.662. The van der Waals surface area contributed by atoms with Crippen molar-refractivity contribution in [3.05, 3.63) is 65.5 Å². The molecule has 1 saturated heterocycles. The molecule has 120 valence electrons. The lowest BCUT2D eigenvalue weighted by atomic mass is 9.94. The first-order valence-electron chi connectivity index (χ1n) is 8.28. The summed E-state index contributed by atoms with van der Waals surface area (Å²) < 4.78 is 0. The van der Waals surface area contributed by atoms with Gasteiger partial charge in [-0.15, -0.1) is 0 Å². The molecule has 0 radical (unpaired) electrons. The summed E-state index contributed by atoms with van der Waals surface area (Å²) in [5, 5.41) is 6.42. The first kappa shape index (κ1) is 15.7. The fourth-order valence-corrected chi connectivity index (χ4v) is 3.08. The van der Waals surface area contributed by atoms with Crippen molar-refractivity contribution in [3.8, 4) is 0 Å². The number of carbonyl (C=O) groups excluding carboxylic acids is 1. The average molecular weight is 309 g/mol. The van der Waals surface area contributed by atoms with Crippen LogP contribution in [0.3, 0.4) is 0 Å². The van der Waals surface area contributed by atoms with Gasteiger partial charge in [-0.2, -0.15) is 0 Å². The fraction of sp³-hybridized carbons (Fsp3) is 0.368. The number of hydrogen-bond donors (Lipinski definition) is 2. The van der Waals surface area contributed by atoms with Gasteiger partial charge in [0.1, 0.15) is 0 Å². The van der Waals surface area contributed by atoms with E-state index in [1.165, 1.54) is 6.42 Å². The highest BCUT2D eigenvalue weighted by Gasteiger charge is 2.18. The lowest BCUT2D eigenvalue weighted by molar-refractivity contribution is 0.0953. The molecule has 0 aliphatic carbocycles. The number of rotatable bonds is 6. The highest BCUT2D eigenvalue weighted by atomic mass is 16.1. The molecule has 1 atom stereocenters. The van der Waals surface area contributed by atoms with Gasteiger partial charge >= 0.3 is 0 Å². The normalized spacial score (nSPS) is 17.1. The summed E-state index contributed by atoms with van der Waals surface area (Å²) in [4.78, 5) is 16.6. The average Bonchev–Trinajstić information content (AvgIpc) is 3.09. The molecular weight excluding hydrogens is 286 g/mol. The summed E-state index contributed by atoms with van der Waals surface area (Å²) in [6, 6.07) is 11.9. The van der Waals surface area contributed by atoms with E-state index in [9.17, 15) is 4.79 Å². The summed E-state index contributed by atoms with van der Waals surface area (Å²) in [6.45, 7) is 2.77. The number of nitrogens with zero attached hydrogens (tertiary/aromatic N) is 1. The second-order valence-corrected chi connectivity index (χ2v) is 6.09. The van der Waals surface area contributed by atoms with Gasteiger partial charge < -0.3 is 10.6 Å².